The van der Waals surface area contributed by atoms with Crippen molar-refractivity contribution < 1.29 is 4.39 Å². The van der Waals surface area contributed by atoms with Crippen LogP contribution in [0.3, 0.4) is 0 Å². The Kier molecular flexibility index (Phi) is 4.51. The molecule has 1 fully saturated rings. The number of halogens is 1. The Hall–Kier alpha value is -0.930. The van der Waals surface area contributed by atoms with Crippen LogP contribution < -0.4 is 5.32 Å². The highest BCUT2D eigenvalue weighted by Gasteiger charge is 2.13. The van der Waals surface area contributed by atoms with Crippen molar-refractivity contribution in [1.29, 1.82) is 0 Å². The largest absolute Gasteiger partial charge is 0.309 e. The average molecular weight is 236 g/mol. The number of hydrogen-bond donors (Lipinski definition) is 1. The van der Waals surface area contributed by atoms with E-state index >= 15 is 0 Å². The quantitative estimate of drug-likeness (QED) is 0.844. The maximum atomic E-state index is 12.7. The van der Waals surface area contributed by atoms with Crippen LogP contribution in [0.1, 0.15) is 25.3 Å². The summed E-state index contributed by atoms with van der Waals surface area (Å²) < 4.78 is 12.7. The Morgan fingerprint density at radius 1 is 1.24 bits per heavy atom. The van der Waals surface area contributed by atoms with Crippen molar-refractivity contribution in [2.45, 2.75) is 32.4 Å². The molecule has 2 nitrogen and oxygen atoms in total. The van der Waals surface area contributed by atoms with Crippen molar-refractivity contribution in [2.24, 2.45) is 0 Å². The molecule has 0 amide bonds. The van der Waals surface area contributed by atoms with Crippen molar-refractivity contribution in [3.8, 4) is 0 Å². The molecule has 0 bridgehead atoms. The minimum atomic E-state index is -0.168. The van der Waals surface area contributed by atoms with Crippen LogP contribution in [0.4, 0.5) is 4.39 Å². The van der Waals surface area contributed by atoms with E-state index in [1.807, 2.05) is 12.1 Å². The highest BCUT2D eigenvalue weighted by Crippen LogP contribution is 2.08. The van der Waals surface area contributed by atoms with Gasteiger partial charge in [-0.15, -0.1) is 0 Å². The van der Waals surface area contributed by atoms with E-state index in [4.69, 9.17) is 0 Å². The van der Waals surface area contributed by atoms with E-state index in [1.54, 1.807) is 0 Å². The van der Waals surface area contributed by atoms with Crippen molar-refractivity contribution in [3.63, 3.8) is 0 Å². The third-order valence-electron chi connectivity index (χ3n) is 3.30. The predicted octanol–water partition coefficient (Wildman–Crippen LogP) is 2.40. The highest BCUT2D eigenvalue weighted by molar-refractivity contribution is 5.15. The fourth-order valence-corrected chi connectivity index (χ4v) is 2.31. The zero-order valence-electron chi connectivity index (χ0n) is 10.5. The standard InChI is InChI=1S/C14H21FN2/c1-12(11-17-8-2-3-9-17)16-10-13-4-6-14(15)7-5-13/h4-7,12,16H,2-3,8-11H2,1H3. The van der Waals surface area contributed by atoms with Crippen LogP contribution in [0.25, 0.3) is 0 Å². The highest BCUT2D eigenvalue weighted by atomic mass is 19.1. The minimum absolute atomic E-state index is 0.168. The van der Waals surface area contributed by atoms with E-state index in [9.17, 15) is 4.39 Å². The molecule has 0 aromatic heterocycles. The summed E-state index contributed by atoms with van der Waals surface area (Å²) in [6.07, 6.45) is 2.68. The van der Waals surface area contributed by atoms with Crippen LogP contribution >= 0.6 is 0 Å². The predicted molar refractivity (Wildman–Crippen MR) is 68.4 cm³/mol. The molecule has 94 valence electrons. The van der Waals surface area contributed by atoms with Gasteiger partial charge in [0.1, 0.15) is 5.82 Å². The lowest BCUT2D eigenvalue weighted by atomic mass is 10.2. The van der Waals surface area contributed by atoms with Gasteiger partial charge in [-0.2, -0.15) is 0 Å². The summed E-state index contributed by atoms with van der Waals surface area (Å²) in [7, 11) is 0. The first-order chi connectivity index (χ1) is 8.24. The molecule has 3 heteroatoms. The molecule has 1 N–H and O–H groups in total. The molecular formula is C14H21FN2. The summed E-state index contributed by atoms with van der Waals surface area (Å²) in [5.41, 5.74) is 1.14. The minimum Gasteiger partial charge on any atom is -0.309 e. The zero-order valence-corrected chi connectivity index (χ0v) is 10.5. The average Bonchev–Trinajstić information content (AvgIpc) is 2.81. The summed E-state index contributed by atoms with van der Waals surface area (Å²) in [5.74, 6) is -0.168. The van der Waals surface area contributed by atoms with E-state index in [0.717, 1.165) is 18.7 Å². The first kappa shape index (κ1) is 12.5. The van der Waals surface area contributed by atoms with Crippen molar-refractivity contribution >= 4 is 0 Å². The summed E-state index contributed by atoms with van der Waals surface area (Å²) >= 11 is 0. The Labute approximate surface area is 103 Å². The van der Waals surface area contributed by atoms with Gasteiger partial charge in [0.2, 0.25) is 0 Å². The van der Waals surface area contributed by atoms with Gasteiger partial charge in [0.05, 0.1) is 0 Å². The lowest BCUT2D eigenvalue weighted by Crippen LogP contribution is -2.37. The Morgan fingerprint density at radius 3 is 2.53 bits per heavy atom. The van der Waals surface area contributed by atoms with Crippen LogP contribution in [0.5, 0.6) is 0 Å². The fourth-order valence-electron chi connectivity index (χ4n) is 2.31. The number of hydrogen-bond acceptors (Lipinski definition) is 2. The molecule has 1 atom stereocenters. The van der Waals surface area contributed by atoms with Crippen molar-refractivity contribution in [3.05, 3.63) is 35.6 Å². The summed E-state index contributed by atoms with van der Waals surface area (Å²) in [6.45, 7) is 6.61. The summed E-state index contributed by atoms with van der Waals surface area (Å²) in [5, 5.41) is 3.48. The van der Waals surface area contributed by atoms with Crippen LogP contribution in [-0.2, 0) is 6.54 Å². The molecular weight excluding hydrogens is 215 g/mol. The van der Waals surface area contributed by atoms with Gasteiger partial charge in [0.25, 0.3) is 0 Å². The Bertz CT molecular complexity index is 331. The maximum Gasteiger partial charge on any atom is 0.123 e. The molecule has 1 aliphatic heterocycles. The summed E-state index contributed by atoms with van der Waals surface area (Å²) in [6, 6.07) is 7.19. The van der Waals surface area contributed by atoms with Crippen LogP contribution in [0, 0.1) is 5.82 Å². The van der Waals surface area contributed by atoms with Gasteiger partial charge in [0, 0.05) is 19.1 Å². The number of nitrogens with zero attached hydrogens (tertiary/aromatic N) is 1. The van der Waals surface area contributed by atoms with Gasteiger partial charge < -0.3 is 10.2 Å². The molecule has 0 aliphatic carbocycles. The van der Waals surface area contributed by atoms with Gasteiger partial charge in [-0.05, 0) is 50.6 Å². The second-order valence-electron chi connectivity index (χ2n) is 4.92. The Morgan fingerprint density at radius 2 is 1.88 bits per heavy atom. The first-order valence-corrected chi connectivity index (χ1v) is 6.44. The molecule has 17 heavy (non-hydrogen) atoms. The smallest absolute Gasteiger partial charge is 0.123 e. The monoisotopic (exact) mass is 236 g/mol. The zero-order chi connectivity index (χ0) is 12.1. The van der Waals surface area contributed by atoms with Crippen LogP contribution in [-0.4, -0.2) is 30.6 Å². The van der Waals surface area contributed by atoms with Crippen LogP contribution in [0.2, 0.25) is 0 Å². The third-order valence-corrected chi connectivity index (χ3v) is 3.30. The van der Waals surface area contributed by atoms with Gasteiger partial charge in [-0.3, -0.25) is 0 Å². The lowest BCUT2D eigenvalue weighted by molar-refractivity contribution is 0.298. The maximum absolute atomic E-state index is 12.7. The molecule has 0 radical (unpaired) electrons. The number of benzene rings is 1. The third kappa shape index (κ3) is 4.10. The topological polar surface area (TPSA) is 15.3 Å². The fraction of sp³-hybridized carbons (Fsp3) is 0.571. The molecule has 1 saturated heterocycles. The SMILES string of the molecule is CC(CN1CCCC1)NCc1ccc(F)cc1. The summed E-state index contributed by atoms with van der Waals surface area (Å²) in [4.78, 5) is 2.50. The normalized spacial score (nSPS) is 18.5. The molecule has 0 saturated carbocycles. The molecule has 1 aromatic rings. The molecule has 1 heterocycles. The molecule has 1 unspecified atom stereocenters. The molecule has 2 rings (SSSR count). The Balaban J connectivity index is 1.71. The number of nitrogens with one attached hydrogen (secondary N) is 1. The van der Waals surface area contributed by atoms with E-state index in [0.29, 0.717) is 6.04 Å². The molecule has 1 aliphatic rings. The van der Waals surface area contributed by atoms with Gasteiger partial charge in [0.15, 0.2) is 0 Å². The van der Waals surface area contributed by atoms with E-state index in [2.05, 4.69) is 17.1 Å². The molecule has 0 spiro atoms. The van der Waals surface area contributed by atoms with Gasteiger partial charge >= 0.3 is 0 Å². The number of likely N-dealkylation sites (tertiary alicyclic amines) is 1. The first-order valence-electron chi connectivity index (χ1n) is 6.44. The van der Waals surface area contributed by atoms with E-state index in [1.165, 1.54) is 38.1 Å². The second-order valence-corrected chi connectivity index (χ2v) is 4.92. The van der Waals surface area contributed by atoms with Gasteiger partial charge in [-0.1, -0.05) is 12.1 Å². The van der Waals surface area contributed by atoms with E-state index < -0.39 is 0 Å². The molecule has 1 aromatic carbocycles. The number of rotatable bonds is 5. The van der Waals surface area contributed by atoms with Crippen LogP contribution in [0.15, 0.2) is 24.3 Å². The van der Waals surface area contributed by atoms with Crippen molar-refractivity contribution in [1.82, 2.24) is 10.2 Å². The van der Waals surface area contributed by atoms with E-state index in [-0.39, 0.29) is 5.82 Å². The van der Waals surface area contributed by atoms with Gasteiger partial charge in [-0.25, -0.2) is 4.39 Å². The lowest BCUT2D eigenvalue weighted by Gasteiger charge is -2.21. The second kappa shape index (κ2) is 6.12. The van der Waals surface area contributed by atoms with Crippen molar-refractivity contribution in [2.75, 3.05) is 19.6 Å².